The van der Waals surface area contributed by atoms with Crippen molar-refractivity contribution in [1.82, 2.24) is 0 Å². The quantitative estimate of drug-likeness (QED) is 0.334. The van der Waals surface area contributed by atoms with Crippen LogP contribution >= 0.6 is 0 Å². The summed E-state index contributed by atoms with van der Waals surface area (Å²) in [6, 6.07) is 9.13. The number of hydrogen-bond acceptors (Lipinski definition) is 2. The van der Waals surface area contributed by atoms with Gasteiger partial charge in [0.1, 0.15) is 12.6 Å². The Hall–Kier alpha value is -2.75. The largest absolute Gasteiger partial charge is 0.220 e. The number of pyridine rings is 1. The molecule has 6 bridgehead atoms. The summed E-state index contributed by atoms with van der Waals surface area (Å²) in [6.07, 6.45) is 15.6. The van der Waals surface area contributed by atoms with Crippen molar-refractivity contribution in [3.63, 3.8) is 0 Å². The molecule has 0 amide bonds. The molecule has 35 heavy (non-hydrogen) atoms. The lowest BCUT2D eigenvalue weighted by molar-refractivity contribution is -0.671. The second-order valence-electron chi connectivity index (χ2n) is 12.6. The van der Waals surface area contributed by atoms with Gasteiger partial charge in [-0.2, -0.15) is 0 Å². The lowest BCUT2D eigenvalue weighted by Gasteiger charge is -2.52. The third kappa shape index (κ3) is 3.77. The lowest BCUT2D eigenvalue weighted by atomic mass is 9.66. The normalized spacial score (nSPS) is 28.1. The molecule has 2 atom stereocenters. The van der Waals surface area contributed by atoms with Gasteiger partial charge in [-0.3, -0.25) is 0 Å². The molecule has 0 spiro atoms. The zero-order valence-electron chi connectivity index (χ0n) is 22.6. The number of aryl methyl sites for hydroxylation is 1. The van der Waals surface area contributed by atoms with E-state index in [4.69, 9.17) is 9.78 Å². The van der Waals surface area contributed by atoms with Gasteiger partial charge in [0.05, 0.1) is 0 Å². The highest BCUT2D eigenvalue weighted by Gasteiger charge is 2.54. The summed E-state index contributed by atoms with van der Waals surface area (Å²) in [4.78, 5) is 12.3. The number of benzene rings is 1. The van der Waals surface area contributed by atoms with E-state index in [1.54, 1.807) is 0 Å². The van der Waals surface area contributed by atoms with E-state index in [1.165, 1.54) is 33.4 Å². The zero-order chi connectivity index (χ0) is 25.4. The first-order valence-electron chi connectivity index (χ1n) is 12.6. The molecular weight excluding hydrogens is 430 g/mol. The van der Waals surface area contributed by atoms with Gasteiger partial charge < -0.3 is 0 Å². The van der Waals surface area contributed by atoms with Gasteiger partial charge in [0.2, 0.25) is 0 Å². The molecule has 6 rings (SSSR count). The number of rotatable bonds is 1. The fourth-order valence-electron chi connectivity index (χ4n) is 5.14. The van der Waals surface area contributed by atoms with Crippen LogP contribution in [0.2, 0.25) is 0 Å². The standard InChI is InChI=1S/C32H38NO2/c1-21-23-10-11-24-19-32(30(5,6)7)20-26(31(24,8)34-35-32)18-28(22-12-14-33(9)15-13-22)27(21)17-25(16-23)29(2,3)4/h10-20H,1-9H3/q+1/b11-10-,28-18-. The molecule has 1 aromatic heterocycles. The van der Waals surface area contributed by atoms with E-state index < -0.39 is 11.2 Å². The van der Waals surface area contributed by atoms with Gasteiger partial charge in [0.25, 0.3) is 0 Å². The van der Waals surface area contributed by atoms with Gasteiger partial charge >= 0.3 is 0 Å². The van der Waals surface area contributed by atoms with E-state index in [1.807, 2.05) is 0 Å². The molecule has 0 fully saturated rings. The van der Waals surface area contributed by atoms with E-state index in [0.717, 1.165) is 11.1 Å². The minimum atomic E-state index is -0.675. The smallest absolute Gasteiger partial charge is 0.169 e. The molecular formula is C32H38NO2+. The number of fused-ring (bicyclic) bond motifs is 3. The van der Waals surface area contributed by atoms with Crippen LogP contribution in [0.3, 0.4) is 0 Å². The van der Waals surface area contributed by atoms with Crippen LogP contribution in [0.4, 0.5) is 0 Å². The highest BCUT2D eigenvalue weighted by molar-refractivity contribution is 5.86. The molecule has 3 nitrogen and oxygen atoms in total. The number of aromatic nitrogens is 1. The molecule has 2 aliphatic carbocycles. The monoisotopic (exact) mass is 468 g/mol. The van der Waals surface area contributed by atoms with Crippen molar-refractivity contribution in [2.75, 3.05) is 0 Å². The highest BCUT2D eigenvalue weighted by atomic mass is 17.2. The van der Waals surface area contributed by atoms with E-state index in [9.17, 15) is 0 Å². The molecule has 1 aromatic carbocycles. The lowest BCUT2D eigenvalue weighted by Crippen LogP contribution is -2.55. The minimum absolute atomic E-state index is 0.0378. The summed E-state index contributed by atoms with van der Waals surface area (Å²) in [5.41, 5.74) is 8.33. The second-order valence-corrected chi connectivity index (χ2v) is 12.6. The van der Waals surface area contributed by atoms with Gasteiger partial charge in [-0.1, -0.05) is 65.8 Å². The third-order valence-electron chi connectivity index (χ3n) is 8.00. The van der Waals surface area contributed by atoms with Crippen LogP contribution in [-0.4, -0.2) is 11.2 Å². The van der Waals surface area contributed by atoms with Crippen LogP contribution in [0.5, 0.6) is 0 Å². The van der Waals surface area contributed by atoms with Gasteiger partial charge in [-0.05, 0) is 82.0 Å². The summed E-state index contributed by atoms with van der Waals surface area (Å²) in [5, 5.41) is 0. The number of hydrogen-bond donors (Lipinski definition) is 0. The van der Waals surface area contributed by atoms with Crippen molar-refractivity contribution >= 4 is 11.6 Å². The van der Waals surface area contributed by atoms with Gasteiger partial charge in [-0.15, -0.1) is 0 Å². The minimum Gasteiger partial charge on any atom is -0.220 e. The Labute approximate surface area is 210 Å². The Morgan fingerprint density at radius 1 is 0.857 bits per heavy atom. The van der Waals surface area contributed by atoms with E-state index in [0.29, 0.717) is 0 Å². The molecule has 2 unspecified atom stereocenters. The Balaban J connectivity index is 1.88. The van der Waals surface area contributed by atoms with Gasteiger partial charge in [0.15, 0.2) is 18.0 Å². The molecule has 2 aromatic rings. The highest BCUT2D eigenvalue weighted by Crippen LogP contribution is 2.53. The number of nitrogens with zero attached hydrogens (tertiary/aromatic N) is 1. The Bertz CT molecular complexity index is 1330. The zero-order valence-corrected chi connectivity index (χ0v) is 22.6. The van der Waals surface area contributed by atoms with Gasteiger partial charge in [-0.25, -0.2) is 14.3 Å². The second kappa shape index (κ2) is 7.62. The SMILES string of the molecule is Cc1c2cc(C(C)(C)C)cc1/C(c1cc[n+](C)cc1)=C\C1=CC3(C(C)(C)C)C=C(/C=C\2)C1(C)OO3. The van der Waals surface area contributed by atoms with E-state index >= 15 is 0 Å². The molecule has 2 aliphatic heterocycles. The summed E-state index contributed by atoms with van der Waals surface area (Å²) in [6.45, 7) is 17.8. The summed E-state index contributed by atoms with van der Waals surface area (Å²) in [5.74, 6) is 0. The maximum Gasteiger partial charge on any atom is 0.169 e. The third-order valence-corrected chi connectivity index (χ3v) is 8.00. The van der Waals surface area contributed by atoms with Crippen LogP contribution < -0.4 is 4.57 Å². The topological polar surface area (TPSA) is 22.3 Å². The predicted octanol–water partition coefficient (Wildman–Crippen LogP) is 6.95. The van der Waals surface area contributed by atoms with Crippen molar-refractivity contribution < 1.29 is 14.3 Å². The Kier molecular flexibility index (Phi) is 5.22. The molecule has 0 saturated heterocycles. The van der Waals surface area contributed by atoms with Gasteiger partial charge in [0, 0.05) is 17.5 Å². The van der Waals surface area contributed by atoms with Crippen LogP contribution in [-0.2, 0) is 22.2 Å². The molecule has 3 heteroatoms. The van der Waals surface area contributed by atoms with Crippen LogP contribution in [0.25, 0.3) is 11.6 Å². The van der Waals surface area contributed by atoms with Crippen LogP contribution in [0.1, 0.15) is 76.3 Å². The maximum absolute atomic E-state index is 6.23. The van der Waals surface area contributed by atoms with Crippen LogP contribution in [0.15, 0.2) is 72.1 Å². The fraction of sp³-hybridized carbons (Fsp3) is 0.406. The Morgan fingerprint density at radius 3 is 2.14 bits per heavy atom. The van der Waals surface area contributed by atoms with Crippen molar-refractivity contribution in [3.8, 4) is 0 Å². The maximum atomic E-state index is 6.23. The first-order chi connectivity index (χ1) is 16.2. The van der Waals surface area contributed by atoms with Crippen LogP contribution in [0, 0.1) is 12.3 Å². The van der Waals surface area contributed by atoms with Crippen molar-refractivity contribution in [3.05, 3.63) is 99.9 Å². The predicted molar refractivity (Wildman–Crippen MR) is 143 cm³/mol. The first-order valence-corrected chi connectivity index (χ1v) is 12.6. The Morgan fingerprint density at radius 2 is 1.51 bits per heavy atom. The molecule has 0 N–H and O–H groups in total. The molecule has 3 heterocycles. The van der Waals surface area contributed by atoms with Crippen molar-refractivity contribution in [2.24, 2.45) is 12.5 Å². The molecule has 0 radical (unpaired) electrons. The molecule has 4 aliphatic rings. The fourth-order valence-corrected chi connectivity index (χ4v) is 5.14. The van der Waals surface area contributed by atoms with Crippen molar-refractivity contribution in [1.29, 1.82) is 0 Å². The average Bonchev–Trinajstić information content (AvgIpc) is 2.76. The molecule has 182 valence electrons. The van der Waals surface area contributed by atoms with E-state index in [2.05, 4.69) is 134 Å². The first kappa shape index (κ1) is 24.0. The summed E-state index contributed by atoms with van der Waals surface area (Å²) >= 11 is 0. The molecule has 0 saturated carbocycles. The average molecular weight is 469 g/mol. The summed E-state index contributed by atoms with van der Waals surface area (Å²) < 4.78 is 2.08. The van der Waals surface area contributed by atoms with E-state index in [-0.39, 0.29) is 10.8 Å². The summed E-state index contributed by atoms with van der Waals surface area (Å²) in [7, 11) is 2.05. The van der Waals surface area contributed by atoms with Crippen molar-refractivity contribution in [2.45, 2.75) is 72.0 Å².